The first-order valence-electron chi connectivity index (χ1n) is 8.65. The molecule has 2 aromatic rings. The fourth-order valence-electron chi connectivity index (χ4n) is 2.79. The Bertz CT molecular complexity index is 787. The number of amides is 2. The first kappa shape index (κ1) is 19.5. The highest BCUT2D eigenvalue weighted by molar-refractivity contribution is 5.91. The van der Waals surface area contributed by atoms with Crippen LogP contribution in [0.15, 0.2) is 42.5 Å². The molecule has 138 valence electrons. The molecule has 0 heterocycles. The van der Waals surface area contributed by atoms with Gasteiger partial charge in [-0.1, -0.05) is 35.9 Å². The maximum absolute atomic E-state index is 12.3. The quantitative estimate of drug-likeness (QED) is 0.825. The SMILES string of the molecule is COc1ccccc1CN(CCC(=O)Nc1ccc(C)cc1C)C(C)=O. The second-order valence-electron chi connectivity index (χ2n) is 6.37. The van der Waals surface area contributed by atoms with Crippen LogP contribution < -0.4 is 10.1 Å². The van der Waals surface area contributed by atoms with Crippen molar-refractivity contribution in [3.05, 3.63) is 59.2 Å². The van der Waals surface area contributed by atoms with Crippen molar-refractivity contribution in [1.29, 1.82) is 0 Å². The fourth-order valence-corrected chi connectivity index (χ4v) is 2.79. The van der Waals surface area contributed by atoms with Crippen molar-refractivity contribution < 1.29 is 14.3 Å². The van der Waals surface area contributed by atoms with Gasteiger partial charge in [-0.2, -0.15) is 0 Å². The Morgan fingerprint density at radius 1 is 1.12 bits per heavy atom. The molecule has 26 heavy (non-hydrogen) atoms. The topological polar surface area (TPSA) is 58.6 Å². The number of aryl methyl sites for hydroxylation is 2. The van der Waals surface area contributed by atoms with Gasteiger partial charge in [0.15, 0.2) is 0 Å². The van der Waals surface area contributed by atoms with Crippen LogP contribution in [-0.2, 0) is 16.1 Å². The molecule has 5 nitrogen and oxygen atoms in total. The van der Waals surface area contributed by atoms with E-state index >= 15 is 0 Å². The number of para-hydroxylation sites is 1. The van der Waals surface area contributed by atoms with Gasteiger partial charge in [0, 0.05) is 37.7 Å². The number of benzene rings is 2. The second-order valence-corrected chi connectivity index (χ2v) is 6.37. The lowest BCUT2D eigenvalue weighted by Gasteiger charge is -2.22. The number of carbonyl (C=O) groups excluding carboxylic acids is 2. The van der Waals surface area contributed by atoms with Crippen LogP contribution in [0.5, 0.6) is 5.75 Å². The van der Waals surface area contributed by atoms with Gasteiger partial charge in [0.05, 0.1) is 7.11 Å². The molecule has 0 aliphatic heterocycles. The van der Waals surface area contributed by atoms with Crippen LogP contribution >= 0.6 is 0 Å². The molecular formula is C21H26N2O3. The summed E-state index contributed by atoms with van der Waals surface area (Å²) in [7, 11) is 1.61. The highest BCUT2D eigenvalue weighted by Crippen LogP contribution is 2.20. The van der Waals surface area contributed by atoms with Gasteiger partial charge in [-0.15, -0.1) is 0 Å². The molecule has 0 aliphatic rings. The molecule has 0 saturated carbocycles. The van der Waals surface area contributed by atoms with Gasteiger partial charge in [-0.05, 0) is 31.5 Å². The molecule has 0 aliphatic carbocycles. The van der Waals surface area contributed by atoms with Crippen LogP contribution in [0.4, 0.5) is 5.69 Å². The average Bonchev–Trinajstić information content (AvgIpc) is 2.61. The molecule has 2 amide bonds. The molecule has 0 saturated heterocycles. The lowest BCUT2D eigenvalue weighted by molar-refractivity contribution is -0.129. The lowest BCUT2D eigenvalue weighted by Crippen LogP contribution is -2.31. The minimum atomic E-state index is -0.108. The molecule has 0 aromatic heterocycles. The molecule has 0 radical (unpaired) electrons. The van der Waals surface area contributed by atoms with E-state index in [0.717, 1.165) is 28.1 Å². The van der Waals surface area contributed by atoms with Crippen LogP contribution in [-0.4, -0.2) is 30.4 Å². The number of nitrogens with one attached hydrogen (secondary N) is 1. The minimum Gasteiger partial charge on any atom is -0.496 e. The van der Waals surface area contributed by atoms with Gasteiger partial charge < -0.3 is 15.0 Å². The summed E-state index contributed by atoms with van der Waals surface area (Å²) >= 11 is 0. The Morgan fingerprint density at radius 3 is 2.50 bits per heavy atom. The maximum Gasteiger partial charge on any atom is 0.226 e. The number of hydrogen-bond acceptors (Lipinski definition) is 3. The van der Waals surface area contributed by atoms with Crippen LogP contribution in [0, 0.1) is 13.8 Å². The molecule has 0 fully saturated rings. The van der Waals surface area contributed by atoms with E-state index in [1.807, 2.05) is 56.3 Å². The van der Waals surface area contributed by atoms with E-state index in [2.05, 4.69) is 5.32 Å². The summed E-state index contributed by atoms with van der Waals surface area (Å²) in [6.07, 6.45) is 0.238. The summed E-state index contributed by atoms with van der Waals surface area (Å²) in [6.45, 7) is 6.26. The summed E-state index contributed by atoms with van der Waals surface area (Å²) in [5.41, 5.74) is 3.90. The van der Waals surface area contributed by atoms with Crippen molar-refractivity contribution in [2.24, 2.45) is 0 Å². The van der Waals surface area contributed by atoms with E-state index in [4.69, 9.17) is 4.74 Å². The molecule has 0 bridgehead atoms. The van der Waals surface area contributed by atoms with E-state index in [0.29, 0.717) is 13.1 Å². The third-order valence-electron chi connectivity index (χ3n) is 4.26. The molecule has 2 aromatic carbocycles. The molecule has 0 spiro atoms. The normalized spacial score (nSPS) is 10.3. The van der Waals surface area contributed by atoms with Crippen molar-refractivity contribution in [3.63, 3.8) is 0 Å². The predicted octanol–water partition coefficient (Wildman–Crippen LogP) is 3.69. The molecule has 0 unspecified atom stereocenters. The first-order valence-corrected chi connectivity index (χ1v) is 8.65. The number of hydrogen-bond donors (Lipinski definition) is 1. The van der Waals surface area contributed by atoms with E-state index in [1.54, 1.807) is 12.0 Å². The molecule has 2 rings (SSSR count). The Kier molecular flexibility index (Phi) is 6.78. The van der Waals surface area contributed by atoms with E-state index in [-0.39, 0.29) is 18.2 Å². The summed E-state index contributed by atoms with van der Waals surface area (Å²) in [5, 5.41) is 2.92. The molecular weight excluding hydrogens is 328 g/mol. The van der Waals surface area contributed by atoms with E-state index < -0.39 is 0 Å². The zero-order chi connectivity index (χ0) is 19.1. The van der Waals surface area contributed by atoms with Crippen molar-refractivity contribution in [2.75, 3.05) is 19.0 Å². The van der Waals surface area contributed by atoms with Crippen molar-refractivity contribution in [2.45, 2.75) is 33.7 Å². The highest BCUT2D eigenvalue weighted by Gasteiger charge is 2.14. The summed E-state index contributed by atoms with van der Waals surface area (Å²) in [5.74, 6) is 0.553. The van der Waals surface area contributed by atoms with Crippen LogP contribution in [0.2, 0.25) is 0 Å². The van der Waals surface area contributed by atoms with Gasteiger partial charge in [-0.25, -0.2) is 0 Å². The summed E-state index contributed by atoms with van der Waals surface area (Å²) < 4.78 is 5.34. The number of methoxy groups -OCH3 is 1. The second kappa shape index (κ2) is 9.04. The van der Waals surface area contributed by atoms with Gasteiger partial charge in [0.1, 0.15) is 5.75 Å². The van der Waals surface area contributed by atoms with Crippen LogP contribution in [0.25, 0.3) is 0 Å². The zero-order valence-electron chi connectivity index (χ0n) is 15.8. The Labute approximate surface area is 155 Å². The van der Waals surface area contributed by atoms with Gasteiger partial charge in [0.25, 0.3) is 0 Å². The van der Waals surface area contributed by atoms with E-state index in [9.17, 15) is 9.59 Å². The number of rotatable bonds is 7. The fraction of sp³-hybridized carbons (Fsp3) is 0.333. The average molecular weight is 354 g/mol. The van der Waals surface area contributed by atoms with Gasteiger partial charge >= 0.3 is 0 Å². The third-order valence-corrected chi connectivity index (χ3v) is 4.26. The van der Waals surface area contributed by atoms with Crippen molar-refractivity contribution in [3.8, 4) is 5.75 Å². The van der Waals surface area contributed by atoms with Crippen molar-refractivity contribution >= 4 is 17.5 Å². The highest BCUT2D eigenvalue weighted by atomic mass is 16.5. The smallest absolute Gasteiger partial charge is 0.226 e. The van der Waals surface area contributed by atoms with Gasteiger partial charge in [-0.3, -0.25) is 9.59 Å². The minimum absolute atomic E-state index is 0.0739. The zero-order valence-corrected chi connectivity index (χ0v) is 15.8. The largest absolute Gasteiger partial charge is 0.496 e. The molecule has 1 N–H and O–H groups in total. The van der Waals surface area contributed by atoms with E-state index in [1.165, 1.54) is 6.92 Å². The first-order chi connectivity index (χ1) is 12.4. The van der Waals surface area contributed by atoms with Crippen LogP contribution in [0.3, 0.4) is 0 Å². The number of carbonyl (C=O) groups is 2. The number of nitrogens with zero attached hydrogens (tertiary/aromatic N) is 1. The molecule has 0 atom stereocenters. The number of ether oxygens (including phenoxy) is 1. The maximum atomic E-state index is 12.3. The monoisotopic (exact) mass is 354 g/mol. The van der Waals surface area contributed by atoms with Gasteiger partial charge in [0.2, 0.25) is 11.8 Å². The lowest BCUT2D eigenvalue weighted by atomic mass is 10.1. The molecule has 5 heteroatoms. The predicted molar refractivity (Wildman–Crippen MR) is 103 cm³/mol. The summed E-state index contributed by atoms with van der Waals surface area (Å²) in [6, 6.07) is 13.5. The Morgan fingerprint density at radius 2 is 1.85 bits per heavy atom. The van der Waals surface area contributed by atoms with Crippen molar-refractivity contribution in [1.82, 2.24) is 4.90 Å². The number of anilines is 1. The summed E-state index contributed by atoms with van der Waals surface area (Å²) in [4.78, 5) is 25.9. The Hall–Kier alpha value is -2.82. The third kappa shape index (κ3) is 5.34. The standard InChI is InChI=1S/C21H26N2O3/c1-15-9-10-19(16(2)13-15)22-21(25)11-12-23(17(3)24)14-18-7-5-6-8-20(18)26-4/h5-10,13H,11-12,14H2,1-4H3,(H,22,25). The Balaban J connectivity index is 1.97. The van der Waals surface area contributed by atoms with Crippen LogP contribution in [0.1, 0.15) is 30.0 Å².